The Labute approximate surface area is 200 Å². The van der Waals surface area contributed by atoms with Crippen molar-refractivity contribution in [1.29, 1.82) is 0 Å². The number of nitrogens with one attached hydrogen (secondary N) is 2. The van der Waals surface area contributed by atoms with E-state index in [1.54, 1.807) is 37.3 Å². The fourth-order valence-corrected chi connectivity index (χ4v) is 3.16. The Balaban J connectivity index is 2.07. The van der Waals surface area contributed by atoms with Crippen molar-refractivity contribution < 1.29 is 38.7 Å². The van der Waals surface area contributed by atoms with Gasteiger partial charge in [0, 0.05) is 18.1 Å². The van der Waals surface area contributed by atoms with Gasteiger partial charge >= 0.3 is 18.0 Å². The molecule has 2 aromatic rings. The van der Waals surface area contributed by atoms with Crippen molar-refractivity contribution in [1.82, 2.24) is 10.6 Å². The third-order valence-corrected chi connectivity index (χ3v) is 4.81. The normalized spacial score (nSPS) is 12.0. The lowest BCUT2D eigenvalue weighted by Crippen LogP contribution is -2.49. The molecule has 2 aromatic carbocycles. The molecule has 12 nitrogen and oxygen atoms in total. The summed E-state index contributed by atoms with van der Waals surface area (Å²) in [5.74, 6) is -4.09. The number of aliphatic carboxylic acids is 1. The van der Waals surface area contributed by atoms with E-state index < -0.39 is 53.8 Å². The predicted octanol–water partition coefficient (Wildman–Crippen LogP) is 2.13. The van der Waals surface area contributed by atoms with E-state index in [0.29, 0.717) is 0 Å². The molecule has 186 valence electrons. The van der Waals surface area contributed by atoms with Crippen LogP contribution in [0.25, 0.3) is 0 Å². The highest BCUT2D eigenvalue weighted by Gasteiger charge is 2.33. The average Bonchev–Trinajstić information content (AvgIpc) is 2.84. The van der Waals surface area contributed by atoms with Gasteiger partial charge in [0.1, 0.15) is 19.2 Å². The molecule has 0 aromatic heterocycles. The average molecular weight is 487 g/mol. The van der Waals surface area contributed by atoms with Crippen LogP contribution in [0.5, 0.6) is 0 Å². The van der Waals surface area contributed by atoms with Crippen LogP contribution >= 0.6 is 0 Å². The molecule has 0 radical (unpaired) electrons. The number of alkyl carbamates (subject to hydrolysis) is 1. The summed E-state index contributed by atoms with van der Waals surface area (Å²) in [6.45, 7) is 1.04. The standard InChI is InChI=1S/C23H25N3O9/c1-2-34-20(28)12-18(16-8-10-17(11-9-16)26(32)33)21(22(29)30)25-19(27)13-24-23(31)35-14-15-6-4-3-5-7-15/h3-11,18,21H,2,12-14H2,1H3,(H,24,31)(H,25,27)(H,29,30)/t18-,21+/m1/s1. The Morgan fingerprint density at radius 3 is 2.26 bits per heavy atom. The van der Waals surface area contributed by atoms with E-state index in [1.165, 1.54) is 24.3 Å². The van der Waals surface area contributed by atoms with Crippen molar-refractivity contribution in [2.45, 2.75) is 31.9 Å². The molecule has 2 rings (SSSR count). The monoisotopic (exact) mass is 487 g/mol. The molecular formula is C23H25N3O9. The van der Waals surface area contributed by atoms with Crippen LogP contribution in [-0.2, 0) is 30.5 Å². The van der Waals surface area contributed by atoms with Gasteiger partial charge in [0.2, 0.25) is 5.91 Å². The lowest BCUT2D eigenvalue weighted by atomic mass is 9.88. The Hall–Kier alpha value is -4.48. The second-order valence-electron chi connectivity index (χ2n) is 7.26. The van der Waals surface area contributed by atoms with Crippen LogP contribution in [0, 0.1) is 10.1 Å². The van der Waals surface area contributed by atoms with Crippen molar-refractivity contribution >= 4 is 29.6 Å². The molecule has 0 aliphatic heterocycles. The summed E-state index contributed by atoms with van der Waals surface area (Å²) < 4.78 is 9.90. The molecule has 0 saturated carbocycles. The molecule has 0 aliphatic carbocycles. The molecule has 12 heteroatoms. The summed E-state index contributed by atoms with van der Waals surface area (Å²) >= 11 is 0. The van der Waals surface area contributed by atoms with Crippen LogP contribution in [0.1, 0.15) is 30.4 Å². The van der Waals surface area contributed by atoms with E-state index in [2.05, 4.69) is 10.6 Å². The van der Waals surface area contributed by atoms with Gasteiger partial charge in [0.25, 0.3) is 5.69 Å². The zero-order valence-corrected chi connectivity index (χ0v) is 18.8. The number of hydrogen-bond acceptors (Lipinski definition) is 8. The maximum absolute atomic E-state index is 12.4. The second-order valence-corrected chi connectivity index (χ2v) is 7.26. The summed E-state index contributed by atoms with van der Waals surface area (Å²) in [6, 6.07) is 12.2. The fourth-order valence-electron chi connectivity index (χ4n) is 3.16. The van der Waals surface area contributed by atoms with Crippen LogP contribution in [0.15, 0.2) is 54.6 Å². The quantitative estimate of drug-likeness (QED) is 0.230. The lowest BCUT2D eigenvalue weighted by molar-refractivity contribution is -0.384. The smallest absolute Gasteiger partial charge is 0.407 e. The molecule has 0 fully saturated rings. The maximum Gasteiger partial charge on any atom is 0.407 e. The van der Waals surface area contributed by atoms with Crippen LogP contribution in [0.4, 0.5) is 10.5 Å². The van der Waals surface area contributed by atoms with Crippen LogP contribution < -0.4 is 10.6 Å². The van der Waals surface area contributed by atoms with Crippen molar-refractivity contribution in [3.63, 3.8) is 0 Å². The summed E-state index contributed by atoms with van der Waals surface area (Å²) in [6.07, 6.45) is -1.29. The number of carboxylic acids is 1. The first-order valence-corrected chi connectivity index (χ1v) is 10.6. The first-order valence-electron chi connectivity index (χ1n) is 10.6. The van der Waals surface area contributed by atoms with Crippen LogP contribution in [0.2, 0.25) is 0 Å². The number of hydrogen-bond donors (Lipinski definition) is 3. The number of carbonyl (C=O) groups excluding carboxylic acids is 3. The molecule has 0 saturated heterocycles. The van der Waals surface area contributed by atoms with E-state index in [0.717, 1.165) is 5.56 Å². The van der Waals surface area contributed by atoms with Gasteiger partial charge < -0.3 is 25.2 Å². The lowest BCUT2D eigenvalue weighted by Gasteiger charge is -2.25. The van der Waals surface area contributed by atoms with Gasteiger partial charge in [-0.3, -0.25) is 19.7 Å². The highest BCUT2D eigenvalue weighted by Crippen LogP contribution is 2.27. The van der Waals surface area contributed by atoms with E-state index in [9.17, 15) is 34.4 Å². The van der Waals surface area contributed by atoms with E-state index in [-0.39, 0.29) is 24.5 Å². The highest BCUT2D eigenvalue weighted by molar-refractivity contribution is 5.87. The van der Waals surface area contributed by atoms with Crippen LogP contribution in [-0.4, -0.2) is 53.2 Å². The second kappa shape index (κ2) is 13.3. The van der Waals surface area contributed by atoms with Crippen molar-refractivity contribution in [3.05, 3.63) is 75.8 Å². The minimum absolute atomic E-state index is 0.0200. The molecule has 2 amide bonds. The third kappa shape index (κ3) is 8.76. The number of nitro benzene ring substituents is 1. The first-order chi connectivity index (χ1) is 16.7. The summed E-state index contributed by atoms with van der Waals surface area (Å²) in [7, 11) is 0. The van der Waals surface area contributed by atoms with Crippen molar-refractivity contribution in [2.24, 2.45) is 0 Å². The van der Waals surface area contributed by atoms with Gasteiger partial charge in [-0.05, 0) is 18.1 Å². The molecule has 0 heterocycles. The minimum atomic E-state index is -1.59. The van der Waals surface area contributed by atoms with Gasteiger partial charge in [-0.15, -0.1) is 0 Å². The Kier molecular flexibility index (Phi) is 10.2. The van der Waals surface area contributed by atoms with Crippen molar-refractivity contribution in [3.8, 4) is 0 Å². The topological polar surface area (TPSA) is 174 Å². The van der Waals surface area contributed by atoms with Crippen molar-refractivity contribution in [2.75, 3.05) is 13.2 Å². The summed E-state index contributed by atoms with van der Waals surface area (Å²) in [5.41, 5.74) is 0.785. The molecule has 3 N–H and O–H groups in total. The summed E-state index contributed by atoms with van der Waals surface area (Å²) in [5, 5.41) is 25.2. The zero-order chi connectivity index (χ0) is 25.8. The molecule has 0 bridgehead atoms. The SMILES string of the molecule is CCOC(=O)C[C@H](c1ccc([N+](=O)[O-])cc1)[C@H](NC(=O)CNC(=O)OCc1ccccc1)C(=O)O. The number of benzene rings is 2. The molecular weight excluding hydrogens is 462 g/mol. The number of amides is 2. The Morgan fingerprint density at radius 1 is 1.03 bits per heavy atom. The number of rotatable bonds is 12. The third-order valence-electron chi connectivity index (χ3n) is 4.81. The molecule has 2 atom stereocenters. The first kappa shape index (κ1) is 26.8. The van der Waals surface area contributed by atoms with Gasteiger partial charge in [-0.2, -0.15) is 0 Å². The highest BCUT2D eigenvalue weighted by atomic mass is 16.6. The number of carbonyl (C=O) groups is 4. The molecule has 35 heavy (non-hydrogen) atoms. The number of nitrogens with zero attached hydrogens (tertiary/aromatic N) is 1. The van der Waals surface area contributed by atoms with Crippen LogP contribution in [0.3, 0.4) is 0 Å². The van der Waals surface area contributed by atoms with Gasteiger partial charge in [-0.1, -0.05) is 42.5 Å². The van der Waals surface area contributed by atoms with E-state index in [1.807, 2.05) is 0 Å². The number of nitro groups is 1. The summed E-state index contributed by atoms with van der Waals surface area (Å²) in [4.78, 5) is 58.6. The zero-order valence-electron chi connectivity index (χ0n) is 18.8. The molecule has 0 spiro atoms. The van der Waals surface area contributed by atoms with E-state index in [4.69, 9.17) is 9.47 Å². The van der Waals surface area contributed by atoms with Gasteiger partial charge in [0.05, 0.1) is 18.0 Å². The molecule has 0 aliphatic rings. The Morgan fingerprint density at radius 2 is 1.69 bits per heavy atom. The minimum Gasteiger partial charge on any atom is -0.480 e. The number of non-ortho nitro benzene ring substituents is 1. The molecule has 0 unspecified atom stereocenters. The maximum atomic E-state index is 12.4. The van der Waals surface area contributed by atoms with Gasteiger partial charge in [0.15, 0.2) is 0 Å². The Bertz CT molecular complexity index is 1040. The fraction of sp³-hybridized carbons (Fsp3) is 0.304. The predicted molar refractivity (Wildman–Crippen MR) is 121 cm³/mol. The number of ether oxygens (including phenoxy) is 2. The van der Waals surface area contributed by atoms with E-state index >= 15 is 0 Å². The number of carboxylic acid groups (broad SMARTS) is 1. The van der Waals surface area contributed by atoms with Gasteiger partial charge in [-0.25, -0.2) is 9.59 Å². The number of esters is 1. The largest absolute Gasteiger partial charge is 0.480 e.